The first-order valence-electron chi connectivity index (χ1n) is 5.78. The van der Waals surface area contributed by atoms with Crippen LogP contribution in [0.5, 0.6) is 11.5 Å². The Morgan fingerprint density at radius 1 is 1.06 bits per heavy atom. The first kappa shape index (κ1) is 11.5. The van der Waals surface area contributed by atoms with Crippen molar-refractivity contribution in [3.05, 3.63) is 59.7 Å². The van der Waals surface area contributed by atoms with Crippen molar-refractivity contribution >= 4 is 0 Å². The quantitative estimate of drug-likeness (QED) is 0.869. The zero-order valence-electron chi connectivity index (χ0n) is 9.89. The van der Waals surface area contributed by atoms with E-state index >= 15 is 0 Å². The molecule has 0 spiro atoms. The number of ether oxygens (including phenoxy) is 1. The van der Waals surface area contributed by atoms with Gasteiger partial charge in [0.25, 0.3) is 0 Å². The standard InChI is InChI=1S/C15H16O2/c1-2-17-14-9-8-13(15(16)11-14)10-12-6-4-3-5-7-12/h3-9,11,16H,2,10H2,1H3. The fourth-order valence-electron chi connectivity index (χ4n) is 1.77. The Balaban J connectivity index is 2.17. The molecule has 2 aromatic rings. The van der Waals surface area contributed by atoms with E-state index in [4.69, 9.17) is 4.74 Å². The average molecular weight is 228 g/mol. The molecule has 0 fully saturated rings. The van der Waals surface area contributed by atoms with Gasteiger partial charge in [-0.1, -0.05) is 36.4 Å². The lowest BCUT2D eigenvalue weighted by molar-refractivity contribution is 0.337. The highest BCUT2D eigenvalue weighted by atomic mass is 16.5. The second kappa shape index (κ2) is 5.39. The molecular weight excluding hydrogens is 212 g/mol. The number of hydrogen-bond donors (Lipinski definition) is 1. The van der Waals surface area contributed by atoms with Crippen LogP contribution < -0.4 is 4.74 Å². The molecule has 2 aromatic carbocycles. The molecule has 0 amide bonds. The van der Waals surface area contributed by atoms with Gasteiger partial charge < -0.3 is 9.84 Å². The summed E-state index contributed by atoms with van der Waals surface area (Å²) in [5, 5.41) is 9.90. The molecule has 0 saturated carbocycles. The summed E-state index contributed by atoms with van der Waals surface area (Å²) in [6.45, 7) is 2.53. The largest absolute Gasteiger partial charge is 0.508 e. The van der Waals surface area contributed by atoms with Crippen molar-refractivity contribution in [1.29, 1.82) is 0 Å². The highest BCUT2D eigenvalue weighted by Gasteiger charge is 2.04. The molecule has 0 aromatic heterocycles. The molecule has 0 aliphatic heterocycles. The summed E-state index contributed by atoms with van der Waals surface area (Å²) < 4.78 is 5.33. The van der Waals surface area contributed by atoms with Crippen LogP contribution in [0.1, 0.15) is 18.1 Å². The Hall–Kier alpha value is -1.96. The Labute approximate surface area is 101 Å². The number of phenols is 1. The van der Waals surface area contributed by atoms with E-state index in [1.165, 1.54) is 5.56 Å². The van der Waals surface area contributed by atoms with E-state index in [1.807, 2.05) is 37.3 Å². The van der Waals surface area contributed by atoms with Crippen LogP contribution in [0.2, 0.25) is 0 Å². The Bertz CT molecular complexity index is 478. The van der Waals surface area contributed by atoms with Crippen molar-refractivity contribution in [2.24, 2.45) is 0 Å². The van der Waals surface area contributed by atoms with Crippen molar-refractivity contribution in [3.8, 4) is 11.5 Å². The summed E-state index contributed by atoms with van der Waals surface area (Å²) in [7, 11) is 0. The Kier molecular flexibility index (Phi) is 3.66. The number of aromatic hydroxyl groups is 1. The second-order valence-electron chi connectivity index (χ2n) is 3.89. The molecule has 0 aliphatic carbocycles. The van der Waals surface area contributed by atoms with Gasteiger partial charge in [0.2, 0.25) is 0 Å². The van der Waals surface area contributed by atoms with Crippen molar-refractivity contribution in [2.75, 3.05) is 6.61 Å². The third-order valence-electron chi connectivity index (χ3n) is 2.61. The van der Waals surface area contributed by atoms with Gasteiger partial charge in [-0.3, -0.25) is 0 Å². The highest BCUT2D eigenvalue weighted by Crippen LogP contribution is 2.25. The minimum Gasteiger partial charge on any atom is -0.508 e. The van der Waals surface area contributed by atoms with Gasteiger partial charge in [-0.15, -0.1) is 0 Å². The van der Waals surface area contributed by atoms with E-state index in [0.717, 1.165) is 12.0 Å². The maximum atomic E-state index is 9.90. The molecule has 0 unspecified atom stereocenters. The van der Waals surface area contributed by atoms with Gasteiger partial charge in [-0.25, -0.2) is 0 Å². The molecule has 0 aliphatic rings. The zero-order chi connectivity index (χ0) is 12.1. The molecular formula is C15H16O2. The molecule has 0 atom stereocenters. The van der Waals surface area contributed by atoms with Crippen LogP contribution in [0.25, 0.3) is 0 Å². The lowest BCUT2D eigenvalue weighted by atomic mass is 10.0. The van der Waals surface area contributed by atoms with Crippen LogP contribution in [0, 0.1) is 0 Å². The van der Waals surface area contributed by atoms with Crippen LogP contribution in [0.15, 0.2) is 48.5 Å². The molecule has 2 heteroatoms. The summed E-state index contributed by atoms with van der Waals surface area (Å²) >= 11 is 0. The van der Waals surface area contributed by atoms with Gasteiger partial charge in [0.1, 0.15) is 11.5 Å². The maximum Gasteiger partial charge on any atom is 0.122 e. The fourth-order valence-corrected chi connectivity index (χ4v) is 1.77. The van der Waals surface area contributed by atoms with Crippen LogP contribution in [-0.4, -0.2) is 11.7 Å². The molecule has 2 nitrogen and oxygen atoms in total. The summed E-state index contributed by atoms with van der Waals surface area (Å²) in [5.41, 5.74) is 2.10. The van der Waals surface area contributed by atoms with Gasteiger partial charge in [0.05, 0.1) is 6.61 Å². The van der Waals surface area contributed by atoms with Gasteiger partial charge in [0.15, 0.2) is 0 Å². The van der Waals surface area contributed by atoms with Crippen LogP contribution in [-0.2, 0) is 6.42 Å². The lowest BCUT2D eigenvalue weighted by Crippen LogP contribution is -1.93. The van der Waals surface area contributed by atoms with Gasteiger partial charge in [0, 0.05) is 12.5 Å². The predicted molar refractivity (Wildman–Crippen MR) is 68.5 cm³/mol. The maximum absolute atomic E-state index is 9.90. The van der Waals surface area contributed by atoms with E-state index in [9.17, 15) is 5.11 Å². The van der Waals surface area contributed by atoms with Gasteiger partial charge in [-0.2, -0.15) is 0 Å². The van der Waals surface area contributed by atoms with Crippen molar-refractivity contribution in [3.63, 3.8) is 0 Å². The average Bonchev–Trinajstić information content (AvgIpc) is 2.34. The molecule has 0 heterocycles. The molecule has 0 saturated heterocycles. The number of hydrogen-bond acceptors (Lipinski definition) is 2. The summed E-state index contributed by atoms with van der Waals surface area (Å²) in [5.74, 6) is 1.00. The van der Waals surface area contributed by atoms with Crippen molar-refractivity contribution in [2.45, 2.75) is 13.3 Å². The van der Waals surface area contributed by atoms with Crippen molar-refractivity contribution in [1.82, 2.24) is 0 Å². The topological polar surface area (TPSA) is 29.5 Å². The first-order chi connectivity index (χ1) is 8.29. The third kappa shape index (κ3) is 3.00. The molecule has 88 valence electrons. The monoisotopic (exact) mass is 228 g/mol. The van der Waals surface area contributed by atoms with Crippen molar-refractivity contribution < 1.29 is 9.84 Å². The van der Waals surface area contributed by atoms with E-state index < -0.39 is 0 Å². The summed E-state index contributed by atoms with van der Waals surface area (Å²) in [6, 6.07) is 15.6. The normalized spacial score (nSPS) is 10.2. The van der Waals surface area contributed by atoms with Crippen LogP contribution >= 0.6 is 0 Å². The number of benzene rings is 2. The number of rotatable bonds is 4. The Morgan fingerprint density at radius 2 is 1.82 bits per heavy atom. The Morgan fingerprint density at radius 3 is 2.47 bits per heavy atom. The summed E-state index contributed by atoms with van der Waals surface area (Å²) in [4.78, 5) is 0. The lowest BCUT2D eigenvalue weighted by Gasteiger charge is -2.08. The molecule has 2 rings (SSSR count). The van der Waals surface area contributed by atoms with Crippen LogP contribution in [0.3, 0.4) is 0 Å². The van der Waals surface area contributed by atoms with E-state index in [-0.39, 0.29) is 0 Å². The molecule has 17 heavy (non-hydrogen) atoms. The van der Waals surface area contributed by atoms with Crippen LogP contribution in [0.4, 0.5) is 0 Å². The minimum absolute atomic E-state index is 0.291. The summed E-state index contributed by atoms with van der Waals surface area (Å²) in [6.07, 6.45) is 0.735. The predicted octanol–water partition coefficient (Wildman–Crippen LogP) is 3.38. The molecule has 0 bridgehead atoms. The smallest absolute Gasteiger partial charge is 0.122 e. The third-order valence-corrected chi connectivity index (χ3v) is 2.61. The minimum atomic E-state index is 0.291. The highest BCUT2D eigenvalue weighted by molar-refractivity contribution is 5.42. The first-order valence-corrected chi connectivity index (χ1v) is 5.78. The fraction of sp³-hybridized carbons (Fsp3) is 0.200. The van der Waals surface area contributed by atoms with Gasteiger partial charge >= 0.3 is 0 Å². The molecule has 0 radical (unpaired) electrons. The SMILES string of the molecule is CCOc1ccc(Cc2ccccc2)c(O)c1. The van der Waals surface area contributed by atoms with E-state index in [1.54, 1.807) is 6.07 Å². The zero-order valence-corrected chi connectivity index (χ0v) is 9.89. The van der Waals surface area contributed by atoms with Gasteiger partial charge in [-0.05, 0) is 24.1 Å². The molecule has 1 N–H and O–H groups in total. The van der Waals surface area contributed by atoms with E-state index in [0.29, 0.717) is 18.1 Å². The second-order valence-corrected chi connectivity index (χ2v) is 3.89. The number of phenolic OH excluding ortho intramolecular Hbond substituents is 1. The van der Waals surface area contributed by atoms with E-state index in [2.05, 4.69) is 12.1 Å².